The Morgan fingerprint density at radius 1 is 1.56 bits per heavy atom. The zero-order chi connectivity index (χ0) is 11.5. The van der Waals surface area contributed by atoms with Crippen LogP contribution in [-0.2, 0) is 4.74 Å². The topological polar surface area (TPSA) is 75.6 Å². The van der Waals surface area contributed by atoms with E-state index in [2.05, 4.69) is 9.97 Å². The number of rotatable bonds is 3. The van der Waals surface area contributed by atoms with Gasteiger partial charge in [-0.05, 0) is 6.42 Å². The Bertz CT molecular complexity index is 391. The summed E-state index contributed by atoms with van der Waals surface area (Å²) < 4.78 is 5.26. The lowest BCUT2D eigenvalue weighted by molar-refractivity contribution is 0.0690. The van der Waals surface area contributed by atoms with Crippen LogP contribution in [0.1, 0.15) is 16.9 Å². The number of carbonyl (C=O) groups is 1. The smallest absolute Gasteiger partial charge is 0.358 e. The number of likely N-dealkylation sites (N-methyl/N-ethyl adjacent to an activating group) is 1. The largest absolute Gasteiger partial charge is 0.476 e. The van der Waals surface area contributed by atoms with Crippen molar-refractivity contribution < 1.29 is 14.6 Å². The average Bonchev–Trinajstić information content (AvgIpc) is 2.81. The van der Waals surface area contributed by atoms with E-state index < -0.39 is 5.97 Å². The molecule has 0 bridgehead atoms. The number of anilines is 1. The van der Waals surface area contributed by atoms with Gasteiger partial charge in [0.2, 0.25) is 0 Å². The van der Waals surface area contributed by atoms with Crippen LogP contribution < -0.4 is 4.90 Å². The zero-order valence-corrected chi connectivity index (χ0v) is 8.96. The van der Waals surface area contributed by atoms with Crippen molar-refractivity contribution in [1.82, 2.24) is 9.97 Å². The molecule has 0 aliphatic carbocycles. The van der Waals surface area contributed by atoms with Gasteiger partial charge in [0.1, 0.15) is 0 Å². The fraction of sp³-hybridized carbons (Fsp3) is 0.500. The number of hydrogen-bond donors (Lipinski definition) is 1. The second-order valence-corrected chi connectivity index (χ2v) is 3.66. The molecule has 1 aliphatic rings. The lowest BCUT2D eigenvalue weighted by Gasteiger charge is -2.24. The summed E-state index contributed by atoms with van der Waals surface area (Å²) in [4.78, 5) is 20.7. The maximum atomic E-state index is 11.0. The van der Waals surface area contributed by atoms with Gasteiger partial charge in [0, 0.05) is 26.0 Å². The van der Waals surface area contributed by atoms with Crippen LogP contribution in [0, 0.1) is 0 Å². The molecule has 2 rings (SSSR count). The van der Waals surface area contributed by atoms with E-state index in [-0.39, 0.29) is 11.7 Å². The van der Waals surface area contributed by atoms with Crippen LogP contribution in [0.4, 0.5) is 5.82 Å². The van der Waals surface area contributed by atoms with Gasteiger partial charge in [0.15, 0.2) is 11.5 Å². The highest BCUT2D eigenvalue weighted by molar-refractivity contribution is 5.90. The van der Waals surface area contributed by atoms with Crippen LogP contribution in [0.5, 0.6) is 0 Å². The number of carboxylic acids is 1. The fourth-order valence-corrected chi connectivity index (χ4v) is 1.74. The van der Waals surface area contributed by atoms with Crippen molar-refractivity contribution in [1.29, 1.82) is 0 Å². The molecular weight excluding hydrogens is 210 g/mol. The molecule has 0 amide bonds. The lowest BCUT2D eigenvalue weighted by atomic mass is 10.2. The fourth-order valence-electron chi connectivity index (χ4n) is 1.74. The summed E-state index contributed by atoms with van der Waals surface area (Å²) in [6.45, 7) is 1.31. The molecule has 6 nitrogen and oxygen atoms in total. The molecule has 2 heterocycles. The third kappa shape index (κ3) is 1.96. The van der Waals surface area contributed by atoms with Crippen molar-refractivity contribution in [2.24, 2.45) is 0 Å². The van der Waals surface area contributed by atoms with Crippen LogP contribution >= 0.6 is 0 Å². The molecule has 6 heteroatoms. The third-order valence-electron chi connectivity index (χ3n) is 2.67. The van der Waals surface area contributed by atoms with Crippen molar-refractivity contribution in [3.05, 3.63) is 18.1 Å². The van der Waals surface area contributed by atoms with Gasteiger partial charge in [0.05, 0.1) is 12.6 Å². The Morgan fingerprint density at radius 2 is 2.31 bits per heavy atom. The minimum atomic E-state index is -1.06. The average molecular weight is 223 g/mol. The number of carboxylic acid groups (broad SMARTS) is 1. The second-order valence-electron chi connectivity index (χ2n) is 3.66. The molecule has 1 unspecified atom stereocenters. The summed E-state index contributed by atoms with van der Waals surface area (Å²) >= 11 is 0. The Balaban J connectivity index is 2.27. The number of ether oxygens (including phenoxy) is 1. The molecule has 16 heavy (non-hydrogen) atoms. The molecular formula is C10H13N3O3. The van der Waals surface area contributed by atoms with E-state index in [9.17, 15) is 4.79 Å². The first-order chi connectivity index (χ1) is 7.70. The van der Waals surface area contributed by atoms with Gasteiger partial charge in [0.25, 0.3) is 0 Å². The monoisotopic (exact) mass is 223 g/mol. The Kier molecular flexibility index (Phi) is 3.00. The maximum Gasteiger partial charge on any atom is 0.358 e. The highest BCUT2D eigenvalue weighted by Gasteiger charge is 2.25. The first kappa shape index (κ1) is 10.8. The number of hydrogen-bond acceptors (Lipinski definition) is 5. The van der Waals surface area contributed by atoms with E-state index in [0.29, 0.717) is 19.0 Å². The minimum absolute atomic E-state index is 0.0168. The Morgan fingerprint density at radius 3 is 2.94 bits per heavy atom. The summed E-state index contributed by atoms with van der Waals surface area (Å²) in [5.74, 6) is -0.667. The quantitative estimate of drug-likeness (QED) is 0.799. The van der Waals surface area contributed by atoms with E-state index in [4.69, 9.17) is 9.84 Å². The van der Waals surface area contributed by atoms with Gasteiger partial charge in [-0.3, -0.25) is 0 Å². The van der Waals surface area contributed by atoms with Crippen molar-refractivity contribution in [2.45, 2.75) is 12.5 Å². The number of nitrogens with zero attached hydrogens (tertiary/aromatic N) is 3. The normalized spacial score (nSPS) is 19.7. The molecule has 1 aliphatic heterocycles. The predicted molar refractivity (Wildman–Crippen MR) is 56.6 cm³/mol. The van der Waals surface area contributed by atoms with E-state index >= 15 is 0 Å². The van der Waals surface area contributed by atoms with Crippen molar-refractivity contribution >= 4 is 11.8 Å². The van der Waals surface area contributed by atoms with Gasteiger partial charge < -0.3 is 14.7 Å². The van der Waals surface area contributed by atoms with E-state index in [1.54, 1.807) is 0 Å². The van der Waals surface area contributed by atoms with E-state index in [1.165, 1.54) is 12.4 Å². The highest BCUT2D eigenvalue weighted by atomic mass is 16.5. The van der Waals surface area contributed by atoms with Crippen LogP contribution in [0.25, 0.3) is 0 Å². The molecule has 1 aromatic rings. The van der Waals surface area contributed by atoms with Crippen molar-refractivity contribution in [3.8, 4) is 0 Å². The minimum Gasteiger partial charge on any atom is -0.476 e. The van der Waals surface area contributed by atoms with Crippen LogP contribution in [0.3, 0.4) is 0 Å². The molecule has 0 saturated carbocycles. The van der Waals surface area contributed by atoms with Crippen LogP contribution in [0.2, 0.25) is 0 Å². The molecule has 1 aromatic heterocycles. The number of aromatic carboxylic acids is 1. The summed E-state index contributed by atoms with van der Waals surface area (Å²) in [5.41, 5.74) is -0.0168. The van der Waals surface area contributed by atoms with Crippen molar-refractivity contribution in [3.63, 3.8) is 0 Å². The Labute approximate surface area is 92.9 Å². The lowest BCUT2D eigenvalue weighted by Crippen LogP contribution is -2.34. The first-order valence-corrected chi connectivity index (χ1v) is 5.05. The van der Waals surface area contributed by atoms with Gasteiger partial charge in [-0.1, -0.05) is 0 Å². The van der Waals surface area contributed by atoms with E-state index in [0.717, 1.165) is 6.42 Å². The van der Waals surface area contributed by atoms with Gasteiger partial charge >= 0.3 is 5.97 Å². The Hall–Kier alpha value is -1.69. The standard InChI is InChI=1S/C10H13N3O3/c1-13(7-2-5-16-6-7)9-8(10(14)15)11-3-4-12-9/h3-4,7H,2,5-6H2,1H3,(H,14,15). The number of aromatic nitrogens is 2. The van der Waals surface area contributed by atoms with E-state index in [1.807, 2.05) is 11.9 Å². The summed E-state index contributed by atoms with van der Waals surface area (Å²) in [5, 5.41) is 9.00. The van der Waals surface area contributed by atoms with Gasteiger partial charge in [-0.25, -0.2) is 14.8 Å². The molecule has 86 valence electrons. The summed E-state index contributed by atoms with van der Waals surface area (Å²) in [7, 11) is 1.82. The SMILES string of the molecule is CN(c1nccnc1C(=O)O)C1CCOC1. The third-order valence-corrected chi connectivity index (χ3v) is 2.67. The highest BCUT2D eigenvalue weighted by Crippen LogP contribution is 2.20. The molecule has 0 radical (unpaired) electrons. The molecule has 1 fully saturated rings. The van der Waals surface area contributed by atoms with Crippen LogP contribution in [-0.4, -0.2) is 47.3 Å². The van der Waals surface area contributed by atoms with Gasteiger partial charge in [-0.15, -0.1) is 0 Å². The second kappa shape index (κ2) is 4.44. The molecule has 1 N–H and O–H groups in total. The molecule has 1 saturated heterocycles. The zero-order valence-electron chi connectivity index (χ0n) is 8.96. The predicted octanol–water partition coefficient (Wildman–Crippen LogP) is 0.400. The summed E-state index contributed by atoms with van der Waals surface area (Å²) in [6.07, 6.45) is 3.76. The van der Waals surface area contributed by atoms with Crippen molar-refractivity contribution in [2.75, 3.05) is 25.2 Å². The molecule has 0 aromatic carbocycles. The first-order valence-electron chi connectivity index (χ1n) is 5.05. The maximum absolute atomic E-state index is 11.0. The van der Waals surface area contributed by atoms with Crippen LogP contribution in [0.15, 0.2) is 12.4 Å². The molecule has 1 atom stereocenters. The summed E-state index contributed by atoms with van der Waals surface area (Å²) in [6, 6.07) is 0.176. The van der Waals surface area contributed by atoms with Gasteiger partial charge in [-0.2, -0.15) is 0 Å². The molecule has 0 spiro atoms.